The van der Waals surface area contributed by atoms with Crippen molar-refractivity contribution in [3.05, 3.63) is 52.1 Å². The lowest BCUT2D eigenvalue weighted by molar-refractivity contribution is -0.137. The molecular weight excluding hydrogens is 406 g/mol. The molecule has 12 nitrogen and oxygen atoms in total. The summed E-state index contributed by atoms with van der Waals surface area (Å²) >= 11 is 0. The third-order valence-electron chi connectivity index (χ3n) is 4.26. The van der Waals surface area contributed by atoms with Crippen LogP contribution in [0.5, 0.6) is 0 Å². The number of aromatic amines is 1. The number of hydrogen-bond acceptors (Lipinski definition) is 9. The van der Waals surface area contributed by atoms with Gasteiger partial charge in [0.25, 0.3) is 11.5 Å². The first kappa shape index (κ1) is 21.4. The fraction of sp³-hybridized carbons (Fsp3) is 0.211. The van der Waals surface area contributed by atoms with Gasteiger partial charge in [-0.25, -0.2) is 9.97 Å². The number of nitrogens with one attached hydrogen (secondary N) is 3. The number of nitrogens with two attached hydrogens (primary N) is 1. The number of amides is 1. The molecule has 0 bridgehead atoms. The minimum Gasteiger partial charge on any atom is -0.481 e. The van der Waals surface area contributed by atoms with E-state index >= 15 is 0 Å². The average molecular weight is 425 g/mol. The number of nitrogens with zero attached hydrogens (tertiary/aromatic N) is 3. The van der Waals surface area contributed by atoms with E-state index in [1.807, 2.05) is 0 Å². The standard InChI is InChI=1S/C19H19N7O5/c20-19-25-16-15(18(31)26-19)23-13(8-22-16)7-21-11-3-1-10(2-4-11)17(30)24-12(9-27)5-6-14(28)29/h1-4,8-9,12,21H,5-7H2,(H,24,30)(H,28,29)(H3,20,22,25,26,31)/t12-/m0/s1. The van der Waals surface area contributed by atoms with Crippen LogP contribution in [-0.2, 0) is 16.1 Å². The second kappa shape index (κ2) is 9.43. The number of aliphatic carboxylic acids is 1. The number of rotatable bonds is 9. The van der Waals surface area contributed by atoms with Crippen molar-refractivity contribution < 1.29 is 19.5 Å². The summed E-state index contributed by atoms with van der Waals surface area (Å²) in [5.74, 6) is -1.57. The van der Waals surface area contributed by atoms with Crippen LogP contribution in [0.15, 0.2) is 35.3 Å². The summed E-state index contributed by atoms with van der Waals surface area (Å²) in [6.45, 7) is 0.265. The van der Waals surface area contributed by atoms with E-state index in [1.54, 1.807) is 24.3 Å². The highest BCUT2D eigenvalue weighted by Gasteiger charge is 2.14. The Hall–Kier alpha value is -4.35. The van der Waals surface area contributed by atoms with Crippen LogP contribution in [0.25, 0.3) is 11.2 Å². The molecule has 1 aromatic carbocycles. The predicted octanol–water partition coefficient (Wildman–Crippen LogP) is 0.0695. The van der Waals surface area contributed by atoms with Gasteiger partial charge in [0.15, 0.2) is 11.2 Å². The molecule has 12 heteroatoms. The zero-order valence-electron chi connectivity index (χ0n) is 16.2. The number of benzene rings is 1. The lowest BCUT2D eigenvalue weighted by atomic mass is 10.1. The van der Waals surface area contributed by atoms with E-state index in [1.165, 1.54) is 6.20 Å². The molecular formula is C19H19N7O5. The summed E-state index contributed by atoms with van der Waals surface area (Å²) in [7, 11) is 0. The maximum Gasteiger partial charge on any atom is 0.303 e. The van der Waals surface area contributed by atoms with Crippen LogP contribution in [-0.4, -0.2) is 49.2 Å². The van der Waals surface area contributed by atoms with Gasteiger partial charge in [-0.1, -0.05) is 0 Å². The number of anilines is 2. The molecule has 0 spiro atoms. The molecule has 0 radical (unpaired) electrons. The van der Waals surface area contributed by atoms with E-state index in [9.17, 15) is 19.2 Å². The molecule has 0 fully saturated rings. The number of H-pyrrole nitrogens is 1. The largest absolute Gasteiger partial charge is 0.481 e. The Morgan fingerprint density at radius 2 is 1.97 bits per heavy atom. The molecule has 160 valence electrons. The number of carboxylic acids is 1. The molecule has 0 aliphatic rings. The summed E-state index contributed by atoms with van der Waals surface area (Å²) in [6, 6.07) is 5.55. The Labute approximate surface area is 174 Å². The highest BCUT2D eigenvalue weighted by atomic mass is 16.4. The Morgan fingerprint density at radius 1 is 1.23 bits per heavy atom. The molecule has 1 amide bonds. The molecule has 0 aliphatic carbocycles. The van der Waals surface area contributed by atoms with Crippen LogP contribution in [0, 0.1) is 0 Å². The molecule has 2 heterocycles. The van der Waals surface area contributed by atoms with Crippen molar-refractivity contribution in [2.45, 2.75) is 25.4 Å². The number of aldehydes is 1. The van der Waals surface area contributed by atoms with Crippen molar-refractivity contribution in [3.8, 4) is 0 Å². The lowest BCUT2D eigenvalue weighted by Gasteiger charge is -2.12. The van der Waals surface area contributed by atoms with Crippen molar-refractivity contribution in [3.63, 3.8) is 0 Å². The van der Waals surface area contributed by atoms with Gasteiger partial charge in [0.05, 0.1) is 24.5 Å². The molecule has 6 N–H and O–H groups in total. The monoisotopic (exact) mass is 425 g/mol. The van der Waals surface area contributed by atoms with E-state index < -0.39 is 23.5 Å². The summed E-state index contributed by atoms with van der Waals surface area (Å²) in [6.07, 6.45) is 1.78. The molecule has 2 aromatic heterocycles. The summed E-state index contributed by atoms with van der Waals surface area (Å²) in [5.41, 5.74) is 6.71. The van der Waals surface area contributed by atoms with Crippen molar-refractivity contribution in [1.82, 2.24) is 25.3 Å². The van der Waals surface area contributed by atoms with Crippen LogP contribution in [0.2, 0.25) is 0 Å². The Kier molecular flexibility index (Phi) is 6.50. The quantitative estimate of drug-likeness (QED) is 0.293. The Balaban J connectivity index is 1.61. The smallest absolute Gasteiger partial charge is 0.303 e. The lowest BCUT2D eigenvalue weighted by Crippen LogP contribution is -2.36. The number of fused-ring (bicyclic) bond motifs is 1. The molecule has 31 heavy (non-hydrogen) atoms. The van der Waals surface area contributed by atoms with Crippen molar-refractivity contribution in [1.29, 1.82) is 0 Å². The highest BCUT2D eigenvalue weighted by molar-refractivity contribution is 5.96. The van der Waals surface area contributed by atoms with E-state index in [0.717, 1.165) is 0 Å². The van der Waals surface area contributed by atoms with Gasteiger partial charge < -0.3 is 26.3 Å². The maximum absolute atomic E-state index is 12.2. The number of carboxylic acid groups (broad SMARTS) is 1. The average Bonchev–Trinajstić information content (AvgIpc) is 2.75. The molecule has 0 saturated carbocycles. The number of hydrogen-bond donors (Lipinski definition) is 5. The van der Waals surface area contributed by atoms with Crippen LogP contribution in [0.1, 0.15) is 28.9 Å². The first-order valence-electron chi connectivity index (χ1n) is 9.19. The second-order valence-electron chi connectivity index (χ2n) is 6.56. The van der Waals surface area contributed by atoms with Gasteiger partial charge >= 0.3 is 5.97 Å². The topological polar surface area (TPSA) is 193 Å². The van der Waals surface area contributed by atoms with Gasteiger partial charge in [0.2, 0.25) is 5.95 Å². The first-order chi connectivity index (χ1) is 14.9. The zero-order valence-corrected chi connectivity index (χ0v) is 16.2. The number of carbonyl (C=O) groups is 3. The van der Waals surface area contributed by atoms with Crippen LogP contribution in [0.3, 0.4) is 0 Å². The SMILES string of the molecule is Nc1nc2ncc(CNc3ccc(C(=O)N[C@H](C=O)CCC(=O)O)cc3)nc2c(=O)[nH]1. The fourth-order valence-corrected chi connectivity index (χ4v) is 2.69. The van der Waals surface area contributed by atoms with Gasteiger partial charge in [0.1, 0.15) is 6.29 Å². The number of aromatic nitrogens is 4. The molecule has 1 atom stereocenters. The predicted molar refractivity (Wildman–Crippen MR) is 110 cm³/mol. The normalized spacial score (nSPS) is 11.6. The van der Waals surface area contributed by atoms with E-state index in [2.05, 4.69) is 30.6 Å². The van der Waals surface area contributed by atoms with Crippen molar-refractivity contribution in [2.75, 3.05) is 11.1 Å². The van der Waals surface area contributed by atoms with E-state index in [4.69, 9.17) is 10.8 Å². The first-order valence-corrected chi connectivity index (χ1v) is 9.19. The molecule has 3 aromatic rings. The number of nitrogen functional groups attached to an aromatic ring is 1. The summed E-state index contributed by atoms with van der Waals surface area (Å²) < 4.78 is 0. The molecule has 0 saturated heterocycles. The minimum atomic E-state index is -1.04. The third kappa shape index (κ3) is 5.59. The van der Waals surface area contributed by atoms with E-state index in [-0.39, 0.29) is 36.5 Å². The fourth-order valence-electron chi connectivity index (χ4n) is 2.69. The van der Waals surface area contributed by atoms with Crippen molar-refractivity contribution >= 4 is 41.0 Å². The zero-order chi connectivity index (χ0) is 22.4. The van der Waals surface area contributed by atoms with Crippen LogP contribution < -0.4 is 21.9 Å². The Bertz CT molecular complexity index is 1180. The van der Waals surface area contributed by atoms with Gasteiger partial charge in [-0.2, -0.15) is 4.98 Å². The van der Waals surface area contributed by atoms with Crippen molar-refractivity contribution in [2.24, 2.45) is 0 Å². The number of carbonyl (C=O) groups excluding carboxylic acids is 2. The third-order valence-corrected chi connectivity index (χ3v) is 4.26. The van der Waals surface area contributed by atoms with Crippen LogP contribution in [0.4, 0.5) is 11.6 Å². The van der Waals surface area contributed by atoms with E-state index in [0.29, 0.717) is 23.2 Å². The minimum absolute atomic E-state index is 0.0158. The molecule has 0 aliphatic heterocycles. The summed E-state index contributed by atoms with van der Waals surface area (Å²) in [4.78, 5) is 60.3. The molecule has 0 unspecified atom stereocenters. The summed E-state index contributed by atoms with van der Waals surface area (Å²) in [5, 5.41) is 14.3. The van der Waals surface area contributed by atoms with Gasteiger partial charge in [0, 0.05) is 17.7 Å². The molecule has 3 rings (SSSR count). The highest BCUT2D eigenvalue weighted by Crippen LogP contribution is 2.12. The van der Waals surface area contributed by atoms with Gasteiger partial charge in [-0.15, -0.1) is 0 Å². The van der Waals surface area contributed by atoms with Gasteiger partial charge in [-0.05, 0) is 30.7 Å². The van der Waals surface area contributed by atoms with Gasteiger partial charge in [-0.3, -0.25) is 19.4 Å². The second-order valence-corrected chi connectivity index (χ2v) is 6.56. The van der Waals surface area contributed by atoms with Crippen LogP contribution >= 0.6 is 0 Å². The Morgan fingerprint density at radius 3 is 2.65 bits per heavy atom. The maximum atomic E-state index is 12.2.